The van der Waals surface area contributed by atoms with Crippen molar-refractivity contribution in [2.24, 2.45) is 4.99 Å². The average Bonchev–Trinajstić information content (AvgIpc) is 3.69. The number of benzene rings is 2. The molecule has 0 atom stereocenters. The predicted molar refractivity (Wildman–Crippen MR) is 189 cm³/mol. The number of ether oxygens (including phenoxy) is 2. The molecule has 2 aliphatic heterocycles. The first kappa shape index (κ1) is 37.1. The first-order chi connectivity index (χ1) is 24.4. The van der Waals surface area contributed by atoms with Crippen LogP contribution in [-0.2, 0) is 30.4 Å². The quantitative estimate of drug-likeness (QED) is 0.219. The third kappa shape index (κ3) is 8.09. The molecule has 0 saturated carbocycles. The van der Waals surface area contributed by atoms with Crippen molar-refractivity contribution in [1.82, 2.24) is 19.6 Å². The molecule has 3 amide bonds. The molecule has 0 unspecified atom stereocenters. The van der Waals surface area contributed by atoms with Crippen molar-refractivity contribution in [2.75, 3.05) is 52.3 Å². The zero-order chi connectivity index (χ0) is 36.8. The van der Waals surface area contributed by atoms with Gasteiger partial charge in [0.1, 0.15) is 0 Å². The van der Waals surface area contributed by atoms with Gasteiger partial charge in [-0.15, -0.1) is 0 Å². The van der Waals surface area contributed by atoms with Crippen LogP contribution < -0.4 is 5.32 Å². The Bertz CT molecular complexity index is 1900. The van der Waals surface area contributed by atoms with E-state index in [1.54, 1.807) is 60.5 Å². The van der Waals surface area contributed by atoms with Gasteiger partial charge in [-0.2, -0.15) is 5.10 Å². The first-order valence-corrected chi connectivity index (χ1v) is 16.8. The lowest BCUT2D eigenvalue weighted by Crippen LogP contribution is -2.50. The van der Waals surface area contributed by atoms with Gasteiger partial charge in [0.15, 0.2) is 11.6 Å². The number of nitrogens with zero attached hydrogens (tertiary/aromatic N) is 5. The van der Waals surface area contributed by atoms with Crippen LogP contribution in [0.4, 0.5) is 14.5 Å². The molecular weight excluding hydrogens is 661 g/mol. The molecule has 268 valence electrons. The van der Waals surface area contributed by atoms with Crippen LogP contribution in [-0.4, -0.2) is 103 Å². The van der Waals surface area contributed by atoms with Gasteiger partial charge in [0.2, 0.25) is 12.6 Å². The summed E-state index contributed by atoms with van der Waals surface area (Å²) >= 11 is 0. The third-order valence-corrected chi connectivity index (χ3v) is 9.38. The molecule has 0 radical (unpaired) electrons. The van der Waals surface area contributed by atoms with Crippen molar-refractivity contribution in [1.29, 1.82) is 0 Å². The molecule has 0 bridgehead atoms. The highest BCUT2D eigenvalue weighted by molar-refractivity contribution is 7.12. The van der Waals surface area contributed by atoms with Gasteiger partial charge in [0.05, 0.1) is 32.1 Å². The van der Waals surface area contributed by atoms with Crippen LogP contribution in [0.2, 0.25) is 6.82 Å². The summed E-state index contributed by atoms with van der Waals surface area (Å²) in [6.45, 7) is 7.08. The second-order valence-corrected chi connectivity index (χ2v) is 12.6. The lowest BCUT2D eigenvalue weighted by atomic mass is 9.42. The molecule has 2 aromatic carbocycles. The Labute approximate surface area is 295 Å². The monoisotopic (exact) mass is 702 g/mol. The smallest absolute Gasteiger partial charge is 0.305 e. The Hall–Kier alpha value is -5.18. The third-order valence-electron chi connectivity index (χ3n) is 9.38. The Kier molecular flexibility index (Phi) is 11.8. The van der Waals surface area contributed by atoms with E-state index in [1.807, 2.05) is 0 Å². The number of aryl methyl sites for hydroxylation is 1. The highest BCUT2D eigenvalue weighted by atomic mass is 19.2. The van der Waals surface area contributed by atoms with Crippen molar-refractivity contribution in [3.05, 3.63) is 76.7 Å². The maximum Gasteiger partial charge on any atom is 0.305 e. The number of nitrogens with one attached hydrogen (secondary N) is 1. The number of aliphatic imine (C=N–C) groups is 1. The minimum atomic E-state index is -1.04. The van der Waals surface area contributed by atoms with Gasteiger partial charge in [0.25, 0.3) is 11.8 Å². The highest BCUT2D eigenvalue weighted by Gasteiger charge is 2.33. The minimum Gasteiger partial charge on any atom is -0.469 e. The van der Waals surface area contributed by atoms with Gasteiger partial charge in [-0.3, -0.25) is 28.9 Å². The number of methoxy groups -OCH3 is 2. The first-order valence-electron chi connectivity index (χ1n) is 16.8. The number of hydrogen-bond donors (Lipinski definition) is 1. The number of carbonyl (C=O) groups excluding carboxylic acids is 4. The van der Waals surface area contributed by atoms with E-state index < -0.39 is 24.3 Å². The van der Waals surface area contributed by atoms with E-state index >= 15 is 8.78 Å². The molecule has 0 spiro atoms. The Morgan fingerprint density at radius 1 is 0.922 bits per heavy atom. The normalized spacial score (nSPS) is 14.4. The van der Waals surface area contributed by atoms with Crippen molar-refractivity contribution in [3.8, 4) is 11.1 Å². The molecule has 0 aliphatic carbocycles. The fraction of sp³-hybridized carbons (Fsp3) is 0.389. The van der Waals surface area contributed by atoms with Crippen LogP contribution in [0.15, 0.2) is 47.7 Å². The zero-order valence-corrected chi connectivity index (χ0v) is 29.4. The number of rotatable bonds is 12. The van der Waals surface area contributed by atoms with Crippen LogP contribution in [0.3, 0.4) is 0 Å². The number of piperazine rings is 1. The summed E-state index contributed by atoms with van der Waals surface area (Å²) < 4.78 is 42.3. The highest BCUT2D eigenvalue weighted by Crippen LogP contribution is 2.33. The zero-order valence-electron chi connectivity index (χ0n) is 29.4. The summed E-state index contributed by atoms with van der Waals surface area (Å²) in [6.07, 6.45) is 3.72. The van der Waals surface area contributed by atoms with E-state index in [0.717, 1.165) is 0 Å². The summed E-state index contributed by atoms with van der Waals surface area (Å²) in [5, 5.41) is 7.08. The fourth-order valence-electron chi connectivity index (χ4n) is 6.31. The van der Waals surface area contributed by atoms with Gasteiger partial charge in [-0.25, -0.2) is 8.78 Å². The maximum atomic E-state index is 15.5. The number of anilines is 1. The number of carbonyl (C=O) groups is 4. The van der Waals surface area contributed by atoms with Crippen molar-refractivity contribution >= 4 is 47.2 Å². The number of esters is 1. The number of halogens is 2. The molecule has 2 aliphatic rings. The van der Waals surface area contributed by atoms with Crippen LogP contribution in [0.5, 0.6) is 0 Å². The molecule has 3 heterocycles. The summed E-state index contributed by atoms with van der Waals surface area (Å²) in [5.41, 5.74) is 3.33. The molecule has 1 saturated heterocycles. The van der Waals surface area contributed by atoms with E-state index in [1.165, 1.54) is 31.6 Å². The number of amides is 3. The topological polar surface area (TPSA) is 135 Å². The predicted octanol–water partition coefficient (Wildman–Crippen LogP) is 4.36. The lowest BCUT2D eigenvalue weighted by molar-refractivity contribution is -0.141. The van der Waals surface area contributed by atoms with Crippen LogP contribution >= 0.6 is 0 Å². The van der Waals surface area contributed by atoms with Crippen LogP contribution in [0, 0.1) is 25.5 Å². The molecule has 1 aromatic heterocycles. The van der Waals surface area contributed by atoms with Crippen molar-refractivity contribution in [3.63, 3.8) is 0 Å². The van der Waals surface area contributed by atoms with E-state index in [0.29, 0.717) is 79.3 Å². The standard InChI is InChI=1S/C36H41BF2N6O6/c1-22-19-24(9-10-25(22)36(49)44-15-13-43(14-16-44)30(46)7-6-8-31(47)51-5)42-35(48)34-37(3)29(21-40-34)27-12-11-26(32(38)33(27)39)28-20-41-45(23(28)2)17-18-50-4/h9-12,19-21H,6-8,13-18H2,1-5H3,(H,42,48). The Morgan fingerprint density at radius 3 is 2.29 bits per heavy atom. The minimum absolute atomic E-state index is 0.0159. The molecule has 3 aromatic rings. The average molecular weight is 703 g/mol. The van der Waals surface area contributed by atoms with Crippen LogP contribution in [0.1, 0.15) is 46.4 Å². The van der Waals surface area contributed by atoms with Crippen LogP contribution in [0.25, 0.3) is 16.6 Å². The second-order valence-electron chi connectivity index (χ2n) is 12.6. The van der Waals surface area contributed by atoms with Gasteiger partial charge in [0, 0.05) is 86.0 Å². The van der Waals surface area contributed by atoms with E-state index in [4.69, 9.17) is 4.74 Å². The van der Waals surface area contributed by atoms with Crippen molar-refractivity contribution < 1.29 is 37.4 Å². The fourth-order valence-corrected chi connectivity index (χ4v) is 6.31. The van der Waals surface area contributed by atoms with E-state index in [9.17, 15) is 19.2 Å². The molecule has 15 heteroatoms. The molecule has 5 rings (SSSR count). The summed E-state index contributed by atoms with van der Waals surface area (Å²) in [4.78, 5) is 58.1. The van der Waals surface area contributed by atoms with E-state index in [2.05, 4.69) is 20.1 Å². The molecule has 12 nitrogen and oxygen atoms in total. The maximum absolute atomic E-state index is 15.5. The van der Waals surface area contributed by atoms with Gasteiger partial charge in [-0.05, 0) is 49.5 Å². The van der Waals surface area contributed by atoms with Gasteiger partial charge >= 0.3 is 5.97 Å². The van der Waals surface area contributed by atoms with Crippen molar-refractivity contribution in [2.45, 2.75) is 46.5 Å². The SMILES string of the molecule is COCCn1ncc(-c2ccc(C3=CN=C(C(=O)Nc4ccc(C(=O)N5CCN(C(=O)CCCC(=O)OC)CC5)c(C)c4)B3C)c(F)c2F)c1C. The number of aromatic nitrogens is 2. The Morgan fingerprint density at radius 2 is 1.61 bits per heavy atom. The van der Waals surface area contributed by atoms with Gasteiger partial charge < -0.3 is 24.6 Å². The lowest BCUT2D eigenvalue weighted by Gasteiger charge is -2.35. The van der Waals surface area contributed by atoms with Gasteiger partial charge in [-0.1, -0.05) is 19.0 Å². The molecule has 1 fully saturated rings. The summed E-state index contributed by atoms with van der Waals surface area (Å²) in [6, 6.07) is 7.95. The molecular formula is C36H41BF2N6O6. The summed E-state index contributed by atoms with van der Waals surface area (Å²) in [7, 11) is 2.89. The Balaban J connectivity index is 1.17. The van der Waals surface area contributed by atoms with E-state index in [-0.39, 0.29) is 47.4 Å². The number of hydrogen-bond acceptors (Lipinski definition) is 8. The molecule has 1 N–H and O–H groups in total. The largest absolute Gasteiger partial charge is 0.469 e. The second kappa shape index (κ2) is 16.2. The summed E-state index contributed by atoms with van der Waals surface area (Å²) in [5.74, 6) is -3.15. The molecule has 51 heavy (non-hydrogen) atoms.